The third-order valence-electron chi connectivity index (χ3n) is 5.05. The van der Waals surface area contributed by atoms with Gasteiger partial charge in [0.05, 0.1) is 12.2 Å². The molecule has 1 aliphatic carbocycles. The third kappa shape index (κ3) is 3.45. The molecule has 3 nitrogen and oxygen atoms in total. The van der Waals surface area contributed by atoms with Gasteiger partial charge in [-0.3, -0.25) is 4.79 Å². The monoisotopic (exact) mass is 324 g/mol. The summed E-state index contributed by atoms with van der Waals surface area (Å²) in [4.78, 5) is 12.2. The van der Waals surface area contributed by atoms with Gasteiger partial charge in [-0.1, -0.05) is 51.8 Å². The van der Waals surface area contributed by atoms with Crippen LogP contribution in [0.5, 0.6) is 0 Å². The van der Waals surface area contributed by atoms with Crippen molar-refractivity contribution in [2.45, 2.75) is 71.3 Å². The number of aromatic nitrogens is 2. The first-order valence-electron chi connectivity index (χ1n) is 9.03. The molecule has 1 aromatic heterocycles. The van der Waals surface area contributed by atoms with Gasteiger partial charge >= 0.3 is 0 Å². The van der Waals surface area contributed by atoms with E-state index in [1.807, 2.05) is 6.92 Å². The molecule has 0 bridgehead atoms. The topological polar surface area (TPSA) is 34.9 Å². The summed E-state index contributed by atoms with van der Waals surface area (Å²) in [6.07, 6.45) is 5.24. The first kappa shape index (κ1) is 16.9. The average molecular weight is 324 g/mol. The second-order valence-electron chi connectivity index (χ2n) is 8.08. The van der Waals surface area contributed by atoms with Crippen LogP contribution < -0.4 is 5.56 Å². The van der Waals surface area contributed by atoms with Crippen LogP contribution in [0.1, 0.15) is 74.8 Å². The Labute approximate surface area is 144 Å². The smallest absolute Gasteiger partial charge is 0.267 e. The molecule has 0 N–H and O–H groups in total. The van der Waals surface area contributed by atoms with Crippen molar-refractivity contribution in [2.75, 3.05) is 0 Å². The quantitative estimate of drug-likeness (QED) is 0.830. The lowest BCUT2D eigenvalue weighted by Gasteiger charge is -2.29. The predicted octanol–water partition coefficient (Wildman–Crippen LogP) is 4.56. The zero-order valence-electron chi connectivity index (χ0n) is 15.3. The van der Waals surface area contributed by atoms with Crippen LogP contribution in [0.15, 0.2) is 35.1 Å². The Morgan fingerprint density at radius 1 is 1.12 bits per heavy atom. The van der Waals surface area contributed by atoms with Crippen molar-refractivity contribution in [3.63, 3.8) is 0 Å². The van der Waals surface area contributed by atoms with Crippen LogP contribution in [0.3, 0.4) is 0 Å². The number of aryl methyl sites for hydroxylation is 1. The van der Waals surface area contributed by atoms with E-state index in [2.05, 4.69) is 44.1 Å². The highest BCUT2D eigenvalue weighted by atomic mass is 16.1. The molecule has 0 radical (unpaired) electrons. The molecule has 3 heteroatoms. The fraction of sp³-hybridized carbons (Fsp3) is 0.524. The highest BCUT2D eigenvalue weighted by Crippen LogP contribution is 2.40. The van der Waals surface area contributed by atoms with Gasteiger partial charge in [0.1, 0.15) is 0 Å². The average Bonchev–Trinajstić information content (AvgIpc) is 3.04. The number of rotatable bonds is 3. The molecule has 1 aromatic carbocycles. The zero-order valence-corrected chi connectivity index (χ0v) is 15.3. The maximum atomic E-state index is 12.2. The van der Waals surface area contributed by atoms with Crippen molar-refractivity contribution in [3.05, 3.63) is 63.1 Å². The lowest BCUT2D eigenvalue weighted by Crippen LogP contribution is -2.26. The van der Waals surface area contributed by atoms with E-state index >= 15 is 0 Å². The molecule has 0 atom stereocenters. The molecule has 1 aliphatic rings. The van der Waals surface area contributed by atoms with Crippen LogP contribution in [-0.2, 0) is 12.0 Å². The maximum absolute atomic E-state index is 12.2. The summed E-state index contributed by atoms with van der Waals surface area (Å²) >= 11 is 0. The Morgan fingerprint density at radius 3 is 2.50 bits per heavy atom. The van der Waals surface area contributed by atoms with Crippen LogP contribution in [0.4, 0.5) is 0 Å². The molecule has 24 heavy (non-hydrogen) atoms. The van der Waals surface area contributed by atoms with Gasteiger partial charge in [0.15, 0.2) is 0 Å². The Bertz CT molecular complexity index is 777. The summed E-state index contributed by atoms with van der Waals surface area (Å²) in [5.41, 5.74) is 5.02. The van der Waals surface area contributed by atoms with Crippen molar-refractivity contribution in [3.8, 4) is 0 Å². The van der Waals surface area contributed by atoms with E-state index in [-0.39, 0.29) is 11.0 Å². The highest BCUT2D eigenvalue weighted by molar-refractivity contribution is 5.42. The van der Waals surface area contributed by atoms with Gasteiger partial charge in [-0.05, 0) is 53.9 Å². The predicted molar refractivity (Wildman–Crippen MR) is 98.7 cm³/mol. The van der Waals surface area contributed by atoms with E-state index in [1.54, 1.807) is 16.8 Å². The second kappa shape index (κ2) is 6.54. The third-order valence-corrected chi connectivity index (χ3v) is 5.05. The fourth-order valence-electron chi connectivity index (χ4n) is 4.07. The lowest BCUT2D eigenvalue weighted by molar-refractivity contribution is 0.546. The summed E-state index contributed by atoms with van der Waals surface area (Å²) in [6.45, 7) is 9.30. The SMILES string of the molecule is Cc1ccc(=O)n(Cc2cccc(C3CCCC3)c2C(C)(C)C)n1. The van der Waals surface area contributed by atoms with E-state index in [9.17, 15) is 4.79 Å². The Hall–Kier alpha value is -1.90. The molecular weight excluding hydrogens is 296 g/mol. The number of hydrogen-bond donors (Lipinski definition) is 0. The maximum Gasteiger partial charge on any atom is 0.267 e. The molecule has 1 heterocycles. The minimum Gasteiger partial charge on any atom is -0.268 e. The standard InChI is InChI=1S/C21H28N2O/c1-15-12-13-19(24)23(22-15)14-17-10-7-11-18(16-8-5-6-9-16)20(17)21(2,3)4/h7,10-13,16H,5-6,8-9,14H2,1-4H3. The van der Waals surface area contributed by atoms with Gasteiger partial charge < -0.3 is 0 Å². The number of nitrogens with zero attached hydrogens (tertiary/aromatic N) is 2. The Kier molecular flexibility index (Phi) is 4.62. The van der Waals surface area contributed by atoms with Gasteiger partial charge in [0.2, 0.25) is 0 Å². The minimum atomic E-state index is -0.0354. The molecule has 0 saturated heterocycles. The van der Waals surface area contributed by atoms with E-state index in [0.717, 1.165) is 5.69 Å². The molecule has 128 valence electrons. The molecule has 2 aromatic rings. The number of hydrogen-bond acceptors (Lipinski definition) is 2. The van der Waals surface area contributed by atoms with E-state index in [4.69, 9.17) is 0 Å². The molecule has 0 unspecified atom stereocenters. The normalized spacial score (nSPS) is 15.8. The van der Waals surface area contributed by atoms with E-state index < -0.39 is 0 Å². The van der Waals surface area contributed by atoms with Gasteiger partial charge in [0.25, 0.3) is 5.56 Å². The molecule has 1 fully saturated rings. The van der Waals surface area contributed by atoms with E-state index in [0.29, 0.717) is 12.5 Å². The summed E-state index contributed by atoms with van der Waals surface area (Å²) < 4.78 is 1.60. The van der Waals surface area contributed by atoms with Crippen molar-refractivity contribution in [2.24, 2.45) is 0 Å². The van der Waals surface area contributed by atoms with Crippen molar-refractivity contribution >= 4 is 0 Å². The Balaban J connectivity index is 2.08. The van der Waals surface area contributed by atoms with Gasteiger partial charge in [-0.2, -0.15) is 5.10 Å². The second-order valence-corrected chi connectivity index (χ2v) is 8.08. The van der Waals surface area contributed by atoms with E-state index in [1.165, 1.54) is 42.4 Å². The summed E-state index contributed by atoms with van der Waals surface area (Å²) in [5, 5.41) is 4.42. The van der Waals surface area contributed by atoms with Crippen LogP contribution in [0.2, 0.25) is 0 Å². The Morgan fingerprint density at radius 2 is 1.83 bits per heavy atom. The van der Waals surface area contributed by atoms with Gasteiger partial charge in [0, 0.05) is 6.07 Å². The fourth-order valence-corrected chi connectivity index (χ4v) is 4.07. The molecule has 0 amide bonds. The summed E-state index contributed by atoms with van der Waals surface area (Å²) in [7, 11) is 0. The highest BCUT2D eigenvalue weighted by Gasteiger charge is 2.27. The molecular formula is C21H28N2O. The first-order chi connectivity index (χ1) is 11.4. The zero-order chi connectivity index (χ0) is 17.3. The molecule has 3 rings (SSSR count). The van der Waals surface area contributed by atoms with Crippen LogP contribution in [-0.4, -0.2) is 9.78 Å². The first-order valence-corrected chi connectivity index (χ1v) is 9.03. The number of benzene rings is 1. The molecule has 1 saturated carbocycles. The summed E-state index contributed by atoms with van der Waals surface area (Å²) in [5.74, 6) is 0.668. The lowest BCUT2D eigenvalue weighted by atomic mass is 9.77. The van der Waals surface area contributed by atoms with Crippen molar-refractivity contribution in [1.82, 2.24) is 9.78 Å². The minimum absolute atomic E-state index is 0.0354. The largest absolute Gasteiger partial charge is 0.268 e. The van der Waals surface area contributed by atoms with Crippen molar-refractivity contribution in [1.29, 1.82) is 0 Å². The van der Waals surface area contributed by atoms with Gasteiger partial charge in [-0.25, -0.2) is 4.68 Å². The van der Waals surface area contributed by atoms with Crippen LogP contribution >= 0.6 is 0 Å². The molecule has 0 aliphatic heterocycles. The van der Waals surface area contributed by atoms with Crippen molar-refractivity contribution < 1.29 is 0 Å². The van der Waals surface area contributed by atoms with Crippen LogP contribution in [0, 0.1) is 6.92 Å². The van der Waals surface area contributed by atoms with Crippen LogP contribution in [0.25, 0.3) is 0 Å². The van der Waals surface area contributed by atoms with Gasteiger partial charge in [-0.15, -0.1) is 0 Å². The molecule has 0 spiro atoms. The summed E-state index contributed by atoms with van der Waals surface area (Å²) in [6, 6.07) is 10.00.